The number of hydrogen-bond acceptors (Lipinski definition) is 4. The zero-order valence-electron chi connectivity index (χ0n) is 14.3. The Labute approximate surface area is 146 Å². The Balaban J connectivity index is 1.57. The van der Waals surface area contributed by atoms with Crippen molar-refractivity contribution in [2.45, 2.75) is 39.5 Å². The number of rotatable bonds is 9. The number of nitrogens with zero attached hydrogens (tertiary/aromatic N) is 1. The molecule has 0 aliphatic rings. The topological polar surface area (TPSA) is 71.1 Å². The number of hydrogen-bond donors (Lipinski definition) is 2. The summed E-state index contributed by atoms with van der Waals surface area (Å²) in [5, 5.41) is 6.74. The third-order valence-electron chi connectivity index (χ3n) is 3.65. The average Bonchev–Trinajstić information content (AvgIpc) is 2.98. The van der Waals surface area contributed by atoms with Gasteiger partial charge in [-0.2, -0.15) is 0 Å². The third kappa shape index (κ3) is 5.92. The largest absolute Gasteiger partial charge is 0.354 e. The number of aryl methyl sites for hydroxylation is 1. The number of amides is 2. The summed E-state index contributed by atoms with van der Waals surface area (Å²) in [6.07, 6.45) is 3.23. The summed E-state index contributed by atoms with van der Waals surface area (Å²) < 4.78 is 1.22. The SMILES string of the molecule is CC(C)C(=O)NCCNC(=O)CCCCc1nc2ccccc2s1. The van der Waals surface area contributed by atoms with Crippen LogP contribution in [0.15, 0.2) is 24.3 Å². The van der Waals surface area contributed by atoms with Crippen LogP contribution in [0.4, 0.5) is 0 Å². The molecule has 5 nitrogen and oxygen atoms in total. The molecule has 0 fully saturated rings. The van der Waals surface area contributed by atoms with Crippen LogP contribution in [0, 0.1) is 5.92 Å². The van der Waals surface area contributed by atoms with E-state index in [2.05, 4.69) is 21.7 Å². The Morgan fingerprint density at radius 2 is 1.88 bits per heavy atom. The molecule has 1 aromatic carbocycles. The van der Waals surface area contributed by atoms with Crippen molar-refractivity contribution in [1.29, 1.82) is 0 Å². The van der Waals surface area contributed by atoms with Gasteiger partial charge in [0, 0.05) is 25.4 Å². The van der Waals surface area contributed by atoms with E-state index in [0.29, 0.717) is 19.5 Å². The van der Waals surface area contributed by atoms with Crippen LogP contribution < -0.4 is 10.6 Å². The van der Waals surface area contributed by atoms with Gasteiger partial charge in [-0.05, 0) is 31.4 Å². The number of carbonyl (C=O) groups is 2. The molecule has 0 saturated carbocycles. The highest BCUT2D eigenvalue weighted by Gasteiger charge is 2.06. The van der Waals surface area contributed by atoms with Crippen LogP contribution in [0.25, 0.3) is 10.2 Å². The van der Waals surface area contributed by atoms with Crippen LogP contribution in [-0.2, 0) is 16.0 Å². The van der Waals surface area contributed by atoms with Crippen molar-refractivity contribution >= 4 is 33.4 Å². The summed E-state index contributed by atoms with van der Waals surface area (Å²) in [5.41, 5.74) is 1.05. The second-order valence-electron chi connectivity index (χ2n) is 6.08. The van der Waals surface area contributed by atoms with E-state index in [1.807, 2.05) is 32.0 Å². The molecule has 0 unspecified atom stereocenters. The molecule has 2 rings (SSSR count). The first-order chi connectivity index (χ1) is 11.6. The van der Waals surface area contributed by atoms with Gasteiger partial charge in [0.15, 0.2) is 0 Å². The van der Waals surface area contributed by atoms with E-state index < -0.39 is 0 Å². The quantitative estimate of drug-likeness (QED) is 0.685. The summed E-state index contributed by atoms with van der Waals surface area (Å²) >= 11 is 1.73. The van der Waals surface area contributed by atoms with Gasteiger partial charge < -0.3 is 10.6 Å². The summed E-state index contributed by atoms with van der Waals surface area (Å²) in [6.45, 7) is 4.66. The first kappa shape index (κ1) is 18.4. The Kier molecular flexibility index (Phi) is 7.18. The monoisotopic (exact) mass is 347 g/mol. The van der Waals surface area contributed by atoms with Gasteiger partial charge in [0.1, 0.15) is 0 Å². The Morgan fingerprint density at radius 3 is 2.62 bits per heavy atom. The summed E-state index contributed by atoms with van der Waals surface area (Å²) in [6, 6.07) is 8.14. The lowest BCUT2D eigenvalue weighted by atomic mass is 10.2. The Hall–Kier alpha value is -1.95. The van der Waals surface area contributed by atoms with E-state index in [9.17, 15) is 9.59 Å². The molecule has 2 amide bonds. The Bertz CT molecular complexity index is 649. The fraction of sp³-hybridized carbons (Fsp3) is 0.500. The minimum absolute atomic E-state index is 0.0140. The van der Waals surface area contributed by atoms with Crippen molar-refractivity contribution in [3.05, 3.63) is 29.3 Å². The maximum atomic E-state index is 11.7. The molecule has 0 radical (unpaired) electrons. The lowest BCUT2D eigenvalue weighted by Crippen LogP contribution is -2.36. The molecule has 0 aliphatic heterocycles. The maximum Gasteiger partial charge on any atom is 0.222 e. The van der Waals surface area contributed by atoms with Gasteiger partial charge in [-0.1, -0.05) is 26.0 Å². The van der Waals surface area contributed by atoms with Crippen molar-refractivity contribution in [3.8, 4) is 0 Å². The van der Waals surface area contributed by atoms with Crippen LogP contribution in [-0.4, -0.2) is 29.9 Å². The number of benzene rings is 1. The first-order valence-electron chi connectivity index (χ1n) is 8.45. The molecule has 1 heterocycles. The molecule has 0 spiro atoms. The van der Waals surface area contributed by atoms with Crippen molar-refractivity contribution in [1.82, 2.24) is 15.6 Å². The molecule has 130 valence electrons. The standard InChI is InChI=1S/C18H25N3O2S/c1-13(2)18(23)20-12-11-19-16(22)9-5-6-10-17-21-14-7-3-4-8-15(14)24-17/h3-4,7-8,13H,5-6,9-12H2,1-2H3,(H,19,22)(H,20,23). The van der Waals surface area contributed by atoms with Crippen molar-refractivity contribution in [2.75, 3.05) is 13.1 Å². The second-order valence-corrected chi connectivity index (χ2v) is 7.19. The molecule has 6 heteroatoms. The lowest BCUT2D eigenvalue weighted by molar-refractivity contribution is -0.124. The number of thiazole rings is 1. The van der Waals surface area contributed by atoms with Gasteiger partial charge in [-0.3, -0.25) is 9.59 Å². The highest BCUT2D eigenvalue weighted by atomic mass is 32.1. The molecule has 2 N–H and O–H groups in total. The zero-order valence-corrected chi connectivity index (χ0v) is 15.1. The number of fused-ring (bicyclic) bond motifs is 1. The molecule has 0 aliphatic carbocycles. The van der Waals surface area contributed by atoms with E-state index in [1.165, 1.54) is 4.70 Å². The van der Waals surface area contributed by atoms with Gasteiger partial charge in [0.25, 0.3) is 0 Å². The van der Waals surface area contributed by atoms with E-state index in [0.717, 1.165) is 29.8 Å². The smallest absolute Gasteiger partial charge is 0.222 e. The predicted molar refractivity (Wildman–Crippen MR) is 98.0 cm³/mol. The van der Waals surface area contributed by atoms with Crippen molar-refractivity contribution in [2.24, 2.45) is 5.92 Å². The summed E-state index contributed by atoms with van der Waals surface area (Å²) in [4.78, 5) is 27.7. The molecule has 2 aromatic rings. The van der Waals surface area contributed by atoms with E-state index >= 15 is 0 Å². The third-order valence-corrected chi connectivity index (χ3v) is 4.75. The van der Waals surface area contributed by atoms with Crippen LogP contribution in [0.5, 0.6) is 0 Å². The molecule has 0 bridgehead atoms. The number of aromatic nitrogens is 1. The lowest BCUT2D eigenvalue weighted by Gasteiger charge is -2.08. The van der Waals surface area contributed by atoms with Gasteiger partial charge >= 0.3 is 0 Å². The average molecular weight is 347 g/mol. The van der Waals surface area contributed by atoms with E-state index in [1.54, 1.807) is 11.3 Å². The normalized spacial score (nSPS) is 11.0. The molecule has 1 aromatic heterocycles. The van der Waals surface area contributed by atoms with Crippen LogP contribution in [0.3, 0.4) is 0 Å². The minimum Gasteiger partial charge on any atom is -0.354 e. The fourth-order valence-electron chi connectivity index (χ4n) is 2.27. The summed E-state index contributed by atoms with van der Waals surface area (Å²) in [7, 11) is 0. The van der Waals surface area contributed by atoms with Crippen LogP contribution in [0.2, 0.25) is 0 Å². The van der Waals surface area contributed by atoms with E-state index in [4.69, 9.17) is 0 Å². The van der Waals surface area contributed by atoms with Gasteiger partial charge in [0.2, 0.25) is 11.8 Å². The number of para-hydroxylation sites is 1. The molecular formula is C18H25N3O2S. The van der Waals surface area contributed by atoms with Crippen LogP contribution >= 0.6 is 11.3 Å². The highest BCUT2D eigenvalue weighted by Crippen LogP contribution is 2.22. The molecular weight excluding hydrogens is 322 g/mol. The molecule has 0 saturated heterocycles. The van der Waals surface area contributed by atoms with Gasteiger partial charge in [0.05, 0.1) is 15.2 Å². The second kappa shape index (κ2) is 9.37. The van der Waals surface area contributed by atoms with E-state index in [-0.39, 0.29) is 17.7 Å². The van der Waals surface area contributed by atoms with Gasteiger partial charge in [-0.15, -0.1) is 11.3 Å². The maximum absolute atomic E-state index is 11.7. The Morgan fingerprint density at radius 1 is 1.12 bits per heavy atom. The van der Waals surface area contributed by atoms with Crippen molar-refractivity contribution in [3.63, 3.8) is 0 Å². The molecule has 24 heavy (non-hydrogen) atoms. The number of nitrogens with one attached hydrogen (secondary N) is 2. The zero-order chi connectivity index (χ0) is 17.4. The molecule has 0 atom stereocenters. The predicted octanol–water partition coefficient (Wildman–Crippen LogP) is 2.90. The van der Waals surface area contributed by atoms with Crippen molar-refractivity contribution < 1.29 is 9.59 Å². The summed E-state index contributed by atoms with van der Waals surface area (Å²) in [5.74, 6) is 0.0291. The number of unbranched alkanes of at least 4 members (excludes halogenated alkanes) is 1. The fourth-order valence-corrected chi connectivity index (χ4v) is 3.28. The minimum atomic E-state index is -0.0248. The van der Waals surface area contributed by atoms with Gasteiger partial charge in [-0.25, -0.2) is 4.98 Å². The highest BCUT2D eigenvalue weighted by molar-refractivity contribution is 7.18. The first-order valence-corrected chi connectivity index (χ1v) is 9.27. The number of carbonyl (C=O) groups excluding carboxylic acids is 2. The van der Waals surface area contributed by atoms with Crippen LogP contribution in [0.1, 0.15) is 38.1 Å².